The molecule has 218 valence electrons. The summed E-state index contributed by atoms with van der Waals surface area (Å²) in [5.41, 5.74) is 2.98. The van der Waals surface area contributed by atoms with Crippen molar-refractivity contribution in [2.24, 2.45) is 29.1 Å². The Morgan fingerprint density at radius 1 is 1.18 bits per heavy atom. The average molecular weight is 553 g/mol. The number of nitrogens with zero attached hydrogens (tertiary/aromatic N) is 1. The predicted molar refractivity (Wildman–Crippen MR) is 153 cm³/mol. The van der Waals surface area contributed by atoms with Crippen LogP contribution in [0.3, 0.4) is 0 Å². The molecule has 1 heterocycles. The molecule has 8 nitrogen and oxygen atoms in total. The van der Waals surface area contributed by atoms with Gasteiger partial charge in [0.2, 0.25) is 5.91 Å². The zero-order valence-electron chi connectivity index (χ0n) is 24.5. The van der Waals surface area contributed by atoms with Gasteiger partial charge in [-0.15, -0.1) is 0 Å². The standard InChI is InChI=1S/C32H44N2O6/c1-18-25-14-22(32(25,3)4)15-26(18)33-31(37)29-28(19(2)36)27(17-35)40-34(29)16-21-10-8-12-24(30(21)39-6)20-9-7-11-23(13-20)38-5/h7-13,18-19,22,25-29,35-36H,14-17H2,1-6H3,(H,33,37)/t18-,19-,22+,25+,26-,27-,28-,29-/m0/s1. The van der Waals surface area contributed by atoms with Crippen LogP contribution in [0.25, 0.3) is 11.1 Å². The molecule has 2 aromatic rings. The van der Waals surface area contributed by atoms with E-state index in [1.54, 1.807) is 26.2 Å². The molecule has 4 fully saturated rings. The fraction of sp³-hybridized carbons (Fsp3) is 0.594. The molecule has 0 unspecified atom stereocenters. The molecule has 0 radical (unpaired) electrons. The Morgan fingerprint density at radius 2 is 1.93 bits per heavy atom. The number of hydroxylamine groups is 2. The molecule has 1 aliphatic heterocycles. The number of benzene rings is 2. The molecule has 8 atom stereocenters. The van der Waals surface area contributed by atoms with Crippen LogP contribution in [0, 0.1) is 29.1 Å². The highest BCUT2D eigenvalue weighted by atomic mass is 16.7. The number of amides is 1. The molecular formula is C32H44N2O6. The number of methoxy groups -OCH3 is 2. The van der Waals surface area contributed by atoms with Crippen LogP contribution in [0.2, 0.25) is 0 Å². The number of fused-ring (bicyclic) bond motifs is 2. The zero-order chi connectivity index (χ0) is 28.8. The van der Waals surface area contributed by atoms with E-state index >= 15 is 0 Å². The van der Waals surface area contributed by atoms with Crippen molar-refractivity contribution in [1.29, 1.82) is 0 Å². The minimum Gasteiger partial charge on any atom is -0.497 e. The number of aliphatic hydroxyl groups excluding tert-OH is 2. The van der Waals surface area contributed by atoms with Gasteiger partial charge in [0.1, 0.15) is 23.6 Å². The lowest BCUT2D eigenvalue weighted by Crippen LogP contribution is -2.62. The highest BCUT2D eigenvalue weighted by molar-refractivity contribution is 5.83. The van der Waals surface area contributed by atoms with Crippen molar-refractivity contribution >= 4 is 5.91 Å². The second-order valence-corrected chi connectivity index (χ2v) is 12.5. The van der Waals surface area contributed by atoms with Crippen LogP contribution < -0.4 is 14.8 Å². The first kappa shape index (κ1) is 28.9. The summed E-state index contributed by atoms with van der Waals surface area (Å²) in [6.45, 7) is 8.54. The Bertz CT molecular complexity index is 1220. The third-order valence-electron chi connectivity index (χ3n) is 10.1. The van der Waals surface area contributed by atoms with Crippen LogP contribution in [0.4, 0.5) is 0 Å². The largest absolute Gasteiger partial charge is 0.497 e. The molecule has 1 saturated heterocycles. The van der Waals surface area contributed by atoms with Crippen LogP contribution in [0.15, 0.2) is 42.5 Å². The van der Waals surface area contributed by atoms with Crippen LogP contribution in [0.1, 0.15) is 46.1 Å². The predicted octanol–water partition coefficient (Wildman–Crippen LogP) is 4.03. The van der Waals surface area contributed by atoms with Crippen LogP contribution in [-0.2, 0) is 16.2 Å². The molecule has 3 N–H and O–H groups in total. The zero-order valence-corrected chi connectivity index (χ0v) is 24.5. The van der Waals surface area contributed by atoms with E-state index in [1.807, 2.05) is 42.5 Å². The maximum atomic E-state index is 14.0. The number of para-hydroxylation sites is 1. The van der Waals surface area contributed by atoms with Crippen molar-refractivity contribution in [1.82, 2.24) is 10.4 Å². The van der Waals surface area contributed by atoms with E-state index in [2.05, 4.69) is 26.1 Å². The lowest BCUT2D eigenvalue weighted by Gasteiger charge is -2.62. The Hall–Kier alpha value is -2.65. The van der Waals surface area contributed by atoms with Crippen molar-refractivity contribution in [3.05, 3.63) is 48.0 Å². The highest BCUT2D eigenvalue weighted by Crippen LogP contribution is 2.61. The lowest BCUT2D eigenvalue weighted by atomic mass is 9.45. The van der Waals surface area contributed by atoms with Gasteiger partial charge in [-0.2, -0.15) is 5.06 Å². The Morgan fingerprint density at radius 3 is 2.55 bits per heavy atom. The normalized spacial score (nSPS) is 31.8. The van der Waals surface area contributed by atoms with Crippen molar-refractivity contribution in [2.75, 3.05) is 20.8 Å². The third-order valence-corrected chi connectivity index (χ3v) is 10.1. The first-order chi connectivity index (χ1) is 19.1. The molecule has 0 spiro atoms. The number of carbonyl (C=O) groups excluding carboxylic acids is 1. The molecule has 2 aromatic carbocycles. The molecule has 3 saturated carbocycles. The van der Waals surface area contributed by atoms with Crippen molar-refractivity contribution in [2.45, 2.75) is 71.4 Å². The minimum atomic E-state index is -0.848. The first-order valence-electron chi connectivity index (χ1n) is 14.4. The van der Waals surface area contributed by atoms with Crippen molar-refractivity contribution in [3.8, 4) is 22.6 Å². The Kier molecular flexibility index (Phi) is 8.17. The quantitative estimate of drug-likeness (QED) is 0.432. The summed E-state index contributed by atoms with van der Waals surface area (Å²) in [6, 6.07) is 13.0. The molecule has 2 bridgehead atoms. The fourth-order valence-corrected chi connectivity index (χ4v) is 7.62. The fourth-order valence-electron chi connectivity index (χ4n) is 7.62. The number of carbonyl (C=O) groups is 1. The number of hydrogen-bond donors (Lipinski definition) is 3. The maximum Gasteiger partial charge on any atom is 0.240 e. The van der Waals surface area contributed by atoms with Gasteiger partial charge in [0.15, 0.2) is 0 Å². The summed E-state index contributed by atoms with van der Waals surface area (Å²) < 4.78 is 11.3. The Labute approximate surface area is 237 Å². The van der Waals surface area contributed by atoms with Gasteiger partial charge >= 0.3 is 0 Å². The van der Waals surface area contributed by atoms with Gasteiger partial charge in [0.25, 0.3) is 0 Å². The number of aliphatic hydroxyl groups is 2. The van der Waals surface area contributed by atoms with Gasteiger partial charge < -0.3 is 25.0 Å². The van der Waals surface area contributed by atoms with Crippen LogP contribution in [0.5, 0.6) is 11.5 Å². The highest BCUT2D eigenvalue weighted by Gasteiger charge is 2.57. The molecule has 40 heavy (non-hydrogen) atoms. The Balaban J connectivity index is 1.42. The minimum absolute atomic E-state index is 0.0832. The van der Waals surface area contributed by atoms with Gasteiger partial charge in [-0.25, -0.2) is 0 Å². The van der Waals surface area contributed by atoms with Gasteiger partial charge in [-0.3, -0.25) is 9.63 Å². The van der Waals surface area contributed by atoms with E-state index in [0.29, 0.717) is 28.9 Å². The number of ether oxygens (including phenoxy) is 2. The van der Waals surface area contributed by atoms with E-state index in [-0.39, 0.29) is 25.1 Å². The van der Waals surface area contributed by atoms with Crippen molar-refractivity contribution < 1.29 is 29.3 Å². The van der Waals surface area contributed by atoms with Gasteiger partial charge in [0, 0.05) is 23.1 Å². The number of hydrogen-bond acceptors (Lipinski definition) is 7. The van der Waals surface area contributed by atoms with E-state index in [9.17, 15) is 15.0 Å². The molecular weight excluding hydrogens is 508 g/mol. The number of rotatable bonds is 9. The summed E-state index contributed by atoms with van der Waals surface area (Å²) in [4.78, 5) is 20.1. The van der Waals surface area contributed by atoms with E-state index in [1.165, 1.54) is 6.42 Å². The van der Waals surface area contributed by atoms with Gasteiger partial charge in [0.05, 0.1) is 33.5 Å². The van der Waals surface area contributed by atoms with Crippen LogP contribution in [-0.4, -0.2) is 66.3 Å². The third kappa shape index (κ3) is 5.00. The SMILES string of the molecule is COc1cccc(-c2cccc(CN3O[C@@H](CO)[C@H]([C@H](C)O)[C@H]3C(=O)N[C@H]3C[C@H]4C[C@H]([C@@H]3C)C4(C)C)c2OC)c1. The smallest absolute Gasteiger partial charge is 0.240 e. The summed E-state index contributed by atoms with van der Waals surface area (Å²) in [7, 11) is 3.26. The number of nitrogens with one attached hydrogen (secondary N) is 1. The van der Waals surface area contributed by atoms with Crippen LogP contribution >= 0.6 is 0 Å². The first-order valence-corrected chi connectivity index (χ1v) is 14.4. The summed E-state index contributed by atoms with van der Waals surface area (Å²) in [6.07, 6.45) is 0.646. The molecule has 0 aromatic heterocycles. The second-order valence-electron chi connectivity index (χ2n) is 12.5. The van der Waals surface area contributed by atoms with E-state index in [4.69, 9.17) is 14.3 Å². The molecule has 4 aliphatic rings. The monoisotopic (exact) mass is 552 g/mol. The lowest BCUT2D eigenvalue weighted by molar-refractivity contribution is -0.183. The summed E-state index contributed by atoms with van der Waals surface area (Å²) in [5, 5.41) is 25.8. The molecule has 8 heteroatoms. The molecule has 6 rings (SSSR count). The van der Waals surface area contributed by atoms with E-state index in [0.717, 1.165) is 28.9 Å². The maximum absolute atomic E-state index is 14.0. The summed E-state index contributed by atoms with van der Waals surface area (Å²) >= 11 is 0. The van der Waals surface area contributed by atoms with E-state index < -0.39 is 24.2 Å². The van der Waals surface area contributed by atoms with Gasteiger partial charge in [-0.05, 0) is 60.6 Å². The molecule has 3 aliphatic carbocycles. The van der Waals surface area contributed by atoms with Gasteiger partial charge in [-0.1, -0.05) is 51.1 Å². The second kappa shape index (κ2) is 11.3. The van der Waals surface area contributed by atoms with Crippen molar-refractivity contribution in [3.63, 3.8) is 0 Å². The average Bonchev–Trinajstić information content (AvgIpc) is 3.32. The topological polar surface area (TPSA) is 100 Å². The molecule has 1 amide bonds. The summed E-state index contributed by atoms with van der Waals surface area (Å²) in [5.74, 6) is 2.24.